The predicted octanol–water partition coefficient (Wildman–Crippen LogP) is 4.20. The normalized spacial score (nSPS) is 11.0. The highest BCUT2D eigenvalue weighted by Gasteiger charge is 2.04. The van der Waals surface area contributed by atoms with Crippen LogP contribution in [0.2, 0.25) is 0 Å². The number of halogens is 1. The number of rotatable bonds is 3. The number of anilines is 1. The number of fused-ring (bicyclic) bond motifs is 1. The Morgan fingerprint density at radius 2 is 2.11 bits per heavy atom. The maximum atomic E-state index is 5.76. The zero-order valence-electron chi connectivity index (χ0n) is 10.1. The smallest absolute Gasteiger partial charge is 0.117 e. The molecular weight excluding hydrogens is 322 g/mol. The van der Waals surface area contributed by atoms with E-state index in [2.05, 4.69) is 38.0 Å². The number of H-pyrrole nitrogens is 1. The number of nitrogen functional groups attached to an aromatic ring is 1. The van der Waals surface area contributed by atoms with Crippen molar-refractivity contribution in [3.8, 4) is 0 Å². The molecule has 1 aromatic heterocycles. The highest BCUT2D eigenvalue weighted by atomic mass is 79.9. The number of aromatic nitrogens is 2. The van der Waals surface area contributed by atoms with E-state index in [1.165, 1.54) is 4.90 Å². The molecule has 0 fully saturated rings. The third kappa shape index (κ3) is 2.93. The third-order valence-electron chi connectivity index (χ3n) is 2.73. The van der Waals surface area contributed by atoms with Crippen LogP contribution in [0.3, 0.4) is 0 Å². The molecule has 0 atom stereocenters. The zero-order valence-corrected chi connectivity index (χ0v) is 12.5. The van der Waals surface area contributed by atoms with Crippen molar-refractivity contribution in [2.45, 2.75) is 10.6 Å². The first-order valence-electron chi connectivity index (χ1n) is 5.83. The zero-order chi connectivity index (χ0) is 13.2. The lowest BCUT2D eigenvalue weighted by molar-refractivity contribution is 1.14. The van der Waals surface area contributed by atoms with Gasteiger partial charge >= 0.3 is 0 Å². The Kier molecular flexibility index (Phi) is 3.48. The number of hydrogen-bond donors (Lipinski definition) is 2. The Bertz CT molecular complexity index is 724. The molecule has 0 radical (unpaired) electrons. The fraction of sp³-hybridized carbons (Fsp3) is 0.0714. The molecule has 3 nitrogen and oxygen atoms in total. The Morgan fingerprint density at radius 1 is 1.21 bits per heavy atom. The molecule has 3 N–H and O–H groups in total. The Balaban J connectivity index is 1.78. The van der Waals surface area contributed by atoms with Gasteiger partial charge in [-0.25, -0.2) is 4.98 Å². The van der Waals surface area contributed by atoms with Crippen LogP contribution in [0, 0.1) is 0 Å². The van der Waals surface area contributed by atoms with Gasteiger partial charge in [-0.05, 0) is 36.4 Å². The Labute approximate surface area is 123 Å². The van der Waals surface area contributed by atoms with Gasteiger partial charge in [0.25, 0.3) is 0 Å². The predicted molar refractivity (Wildman–Crippen MR) is 84.2 cm³/mol. The fourth-order valence-corrected chi connectivity index (χ4v) is 3.23. The maximum Gasteiger partial charge on any atom is 0.117 e. The summed E-state index contributed by atoms with van der Waals surface area (Å²) in [7, 11) is 0. The number of nitrogens with zero attached hydrogens (tertiary/aromatic N) is 1. The second-order valence-electron chi connectivity index (χ2n) is 4.21. The van der Waals surface area contributed by atoms with E-state index >= 15 is 0 Å². The molecule has 0 aliphatic rings. The lowest BCUT2D eigenvalue weighted by atomic mass is 10.3. The topological polar surface area (TPSA) is 54.7 Å². The van der Waals surface area contributed by atoms with E-state index in [-0.39, 0.29) is 0 Å². The molecule has 0 spiro atoms. The molecule has 5 heteroatoms. The van der Waals surface area contributed by atoms with Gasteiger partial charge in [0.2, 0.25) is 0 Å². The summed E-state index contributed by atoms with van der Waals surface area (Å²) in [5.74, 6) is 1.77. The fourth-order valence-electron chi connectivity index (χ4n) is 1.86. The van der Waals surface area contributed by atoms with Gasteiger partial charge in [0.1, 0.15) is 5.82 Å². The summed E-state index contributed by atoms with van der Waals surface area (Å²) in [6, 6.07) is 14.0. The maximum absolute atomic E-state index is 5.76. The molecule has 1 heterocycles. The monoisotopic (exact) mass is 333 g/mol. The minimum Gasteiger partial charge on any atom is -0.399 e. The molecule has 0 unspecified atom stereocenters. The molecule has 3 rings (SSSR count). The summed E-state index contributed by atoms with van der Waals surface area (Å²) >= 11 is 5.23. The number of nitrogens with one attached hydrogen (secondary N) is 1. The van der Waals surface area contributed by atoms with Gasteiger partial charge in [0.15, 0.2) is 0 Å². The van der Waals surface area contributed by atoms with Crippen LogP contribution in [0.4, 0.5) is 5.69 Å². The van der Waals surface area contributed by atoms with Gasteiger partial charge in [0, 0.05) is 15.1 Å². The van der Waals surface area contributed by atoms with Crippen LogP contribution < -0.4 is 5.73 Å². The van der Waals surface area contributed by atoms with E-state index in [9.17, 15) is 0 Å². The number of thioether (sulfide) groups is 1. The molecule has 0 saturated carbocycles. The lowest BCUT2D eigenvalue weighted by Gasteiger charge is -1.99. The van der Waals surface area contributed by atoms with Crippen molar-refractivity contribution >= 4 is 44.4 Å². The number of imidazole rings is 1. The first-order valence-corrected chi connectivity index (χ1v) is 7.61. The number of hydrogen-bond acceptors (Lipinski definition) is 3. The van der Waals surface area contributed by atoms with Gasteiger partial charge in [-0.2, -0.15) is 0 Å². The van der Waals surface area contributed by atoms with Crippen LogP contribution in [-0.2, 0) is 5.75 Å². The van der Waals surface area contributed by atoms with Crippen LogP contribution in [-0.4, -0.2) is 9.97 Å². The van der Waals surface area contributed by atoms with Crippen LogP contribution >= 0.6 is 27.7 Å². The van der Waals surface area contributed by atoms with E-state index in [0.29, 0.717) is 0 Å². The van der Waals surface area contributed by atoms with Crippen molar-refractivity contribution in [2.75, 3.05) is 5.73 Å². The second kappa shape index (κ2) is 5.27. The average Bonchev–Trinajstić information content (AvgIpc) is 2.78. The van der Waals surface area contributed by atoms with Crippen molar-refractivity contribution in [3.63, 3.8) is 0 Å². The molecule has 0 aliphatic heterocycles. The van der Waals surface area contributed by atoms with Crippen molar-refractivity contribution < 1.29 is 0 Å². The van der Waals surface area contributed by atoms with Gasteiger partial charge in [-0.15, -0.1) is 11.8 Å². The van der Waals surface area contributed by atoms with E-state index in [4.69, 9.17) is 5.73 Å². The Morgan fingerprint density at radius 3 is 2.95 bits per heavy atom. The number of nitrogens with two attached hydrogens (primary N) is 1. The van der Waals surface area contributed by atoms with Gasteiger partial charge in [0.05, 0.1) is 16.8 Å². The molecule has 0 bridgehead atoms. The SMILES string of the molecule is Nc1ccc2nc(CSc3cccc(Br)c3)[nH]c2c1. The highest BCUT2D eigenvalue weighted by molar-refractivity contribution is 9.10. The summed E-state index contributed by atoms with van der Waals surface area (Å²) in [6.45, 7) is 0. The molecule has 96 valence electrons. The number of benzene rings is 2. The van der Waals surface area contributed by atoms with Crippen LogP contribution in [0.1, 0.15) is 5.82 Å². The highest BCUT2D eigenvalue weighted by Crippen LogP contribution is 2.25. The van der Waals surface area contributed by atoms with E-state index < -0.39 is 0 Å². The minimum atomic E-state index is 0.752. The lowest BCUT2D eigenvalue weighted by Crippen LogP contribution is -1.83. The molecule has 3 aromatic rings. The summed E-state index contributed by atoms with van der Waals surface area (Å²) < 4.78 is 1.09. The molecule has 19 heavy (non-hydrogen) atoms. The first-order chi connectivity index (χ1) is 9.20. The molecule has 2 aromatic carbocycles. The molecule has 0 saturated heterocycles. The van der Waals surface area contributed by atoms with Crippen molar-refractivity contribution in [1.82, 2.24) is 9.97 Å². The Hall–Kier alpha value is -1.46. The van der Waals surface area contributed by atoms with E-state index in [1.54, 1.807) is 11.8 Å². The van der Waals surface area contributed by atoms with E-state index in [0.717, 1.165) is 32.8 Å². The average molecular weight is 334 g/mol. The summed E-state index contributed by atoms with van der Waals surface area (Å²) in [6.07, 6.45) is 0. The van der Waals surface area contributed by atoms with Gasteiger partial charge in [-0.1, -0.05) is 22.0 Å². The third-order valence-corrected chi connectivity index (χ3v) is 4.22. The summed E-state index contributed by atoms with van der Waals surface area (Å²) in [5, 5.41) is 0. The molecule has 0 aliphatic carbocycles. The summed E-state index contributed by atoms with van der Waals surface area (Å²) in [5.41, 5.74) is 8.46. The standard InChI is InChI=1S/C14H12BrN3S/c15-9-2-1-3-11(6-9)19-8-14-17-12-5-4-10(16)7-13(12)18-14/h1-7H,8,16H2,(H,17,18). The van der Waals surface area contributed by atoms with Crippen molar-refractivity contribution in [3.05, 3.63) is 52.8 Å². The van der Waals surface area contributed by atoms with Crippen LogP contribution in [0.15, 0.2) is 51.8 Å². The largest absolute Gasteiger partial charge is 0.399 e. The van der Waals surface area contributed by atoms with Gasteiger partial charge < -0.3 is 10.7 Å². The van der Waals surface area contributed by atoms with Crippen molar-refractivity contribution in [2.24, 2.45) is 0 Å². The first kappa shape index (κ1) is 12.6. The van der Waals surface area contributed by atoms with E-state index in [1.807, 2.05) is 30.3 Å². The van der Waals surface area contributed by atoms with Gasteiger partial charge in [-0.3, -0.25) is 0 Å². The number of aromatic amines is 1. The summed E-state index contributed by atoms with van der Waals surface area (Å²) in [4.78, 5) is 9.06. The molecular formula is C14H12BrN3S. The minimum absolute atomic E-state index is 0.752. The quantitative estimate of drug-likeness (QED) is 0.557. The second-order valence-corrected chi connectivity index (χ2v) is 6.17. The van der Waals surface area contributed by atoms with Crippen molar-refractivity contribution in [1.29, 1.82) is 0 Å². The molecule has 0 amide bonds. The van der Waals surface area contributed by atoms with Crippen LogP contribution in [0.5, 0.6) is 0 Å². The van der Waals surface area contributed by atoms with Crippen LogP contribution in [0.25, 0.3) is 11.0 Å².